The molecule has 2 atom stereocenters. The Balaban J connectivity index is 2.08. The van der Waals surface area contributed by atoms with E-state index in [0.29, 0.717) is 5.92 Å². The number of ether oxygens (including phenoxy) is 1. The van der Waals surface area contributed by atoms with E-state index in [-0.39, 0.29) is 12.1 Å². The SMILES string of the molecule is CNC(c1cc(C)cc(C)c1)C1CCN(C(=O)OC(C)(C)C)C1. The molecule has 1 fully saturated rings. The smallest absolute Gasteiger partial charge is 0.410 e. The maximum Gasteiger partial charge on any atom is 0.410 e. The number of carbonyl (C=O) groups excluding carboxylic acids is 1. The fourth-order valence-electron chi connectivity index (χ4n) is 3.42. The van der Waals surface area contributed by atoms with Gasteiger partial charge in [0.15, 0.2) is 0 Å². The summed E-state index contributed by atoms with van der Waals surface area (Å²) in [7, 11) is 2.00. The highest BCUT2D eigenvalue weighted by Crippen LogP contribution is 2.31. The van der Waals surface area contributed by atoms with E-state index < -0.39 is 5.60 Å². The van der Waals surface area contributed by atoms with Gasteiger partial charge in [0, 0.05) is 19.1 Å². The van der Waals surface area contributed by atoms with Crippen molar-refractivity contribution in [1.29, 1.82) is 0 Å². The molecule has 0 aromatic heterocycles. The van der Waals surface area contributed by atoms with Gasteiger partial charge in [0.1, 0.15) is 5.60 Å². The van der Waals surface area contributed by atoms with Crippen molar-refractivity contribution in [3.05, 3.63) is 34.9 Å². The standard InChI is InChI=1S/C19H30N2O2/c1-13-9-14(2)11-16(10-13)17(20-6)15-7-8-21(12-15)18(22)23-19(3,4)5/h9-11,15,17,20H,7-8,12H2,1-6H3. The fourth-order valence-corrected chi connectivity index (χ4v) is 3.42. The average Bonchev–Trinajstić information content (AvgIpc) is 2.86. The summed E-state index contributed by atoms with van der Waals surface area (Å²) in [5, 5.41) is 3.44. The van der Waals surface area contributed by atoms with Gasteiger partial charge in [-0.15, -0.1) is 0 Å². The van der Waals surface area contributed by atoms with Gasteiger partial charge in [0.25, 0.3) is 0 Å². The summed E-state index contributed by atoms with van der Waals surface area (Å²) < 4.78 is 5.49. The summed E-state index contributed by atoms with van der Waals surface area (Å²) in [6.07, 6.45) is 0.799. The summed E-state index contributed by atoms with van der Waals surface area (Å²) >= 11 is 0. The average molecular weight is 318 g/mol. The van der Waals surface area contributed by atoms with E-state index in [1.165, 1.54) is 16.7 Å². The molecular formula is C19H30N2O2. The van der Waals surface area contributed by atoms with Crippen molar-refractivity contribution < 1.29 is 9.53 Å². The number of rotatable bonds is 3. The van der Waals surface area contributed by atoms with Gasteiger partial charge in [-0.2, -0.15) is 0 Å². The second-order valence-electron chi connectivity index (χ2n) is 7.66. The van der Waals surface area contributed by atoms with E-state index in [1.54, 1.807) is 0 Å². The summed E-state index contributed by atoms with van der Waals surface area (Å²) in [6.45, 7) is 11.5. The zero-order valence-corrected chi connectivity index (χ0v) is 15.3. The summed E-state index contributed by atoms with van der Waals surface area (Å²) in [5.74, 6) is 0.411. The molecule has 1 N–H and O–H groups in total. The highest BCUT2D eigenvalue weighted by atomic mass is 16.6. The third-order valence-corrected chi connectivity index (χ3v) is 4.26. The molecule has 1 heterocycles. The molecule has 4 heteroatoms. The van der Waals surface area contributed by atoms with Crippen molar-refractivity contribution in [2.75, 3.05) is 20.1 Å². The maximum atomic E-state index is 12.2. The lowest BCUT2D eigenvalue weighted by molar-refractivity contribution is 0.0285. The van der Waals surface area contributed by atoms with E-state index in [0.717, 1.165) is 19.5 Å². The highest BCUT2D eigenvalue weighted by Gasteiger charge is 2.34. The lowest BCUT2D eigenvalue weighted by Gasteiger charge is -2.26. The molecule has 4 nitrogen and oxygen atoms in total. The lowest BCUT2D eigenvalue weighted by Crippen LogP contribution is -2.36. The Hall–Kier alpha value is -1.55. The van der Waals surface area contributed by atoms with Crippen molar-refractivity contribution in [2.45, 2.75) is 52.7 Å². The molecule has 0 bridgehead atoms. The predicted octanol–water partition coefficient (Wildman–Crippen LogP) is 3.82. The molecule has 23 heavy (non-hydrogen) atoms. The Morgan fingerprint density at radius 2 is 1.87 bits per heavy atom. The Morgan fingerprint density at radius 3 is 2.39 bits per heavy atom. The molecule has 1 aliphatic rings. The first kappa shape index (κ1) is 17.8. The molecule has 2 rings (SSSR count). The molecule has 0 saturated carbocycles. The van der Waals surface area contributed by atoms with Crippen molar-refractivity contribution in [3.63, 3.8) is 0 Å². The molecule has 2 unspecified atom stereocenters. The molecule has 1 amide bonds. The second-order valence-corrected chi connectivity index (χ2v) is 7.66. The molecule has 1 aliphatic heterocycles. The van der Waals surface area contributed by atoms with Gasteiger partial charge in [0.2, 0.25) is 0 Å². The Labute approximate surface area is 140 Å². The van der Waals surface area contributed by atoms with Crippen LogP contribution >= 0.6 is 0 Å². The van der Waals surface area contributed by atoms with Crippen molar-refractivity contribution >= 4 is 6.09 Å². The molecule has 1 aromatic carbocycles. The minimum absolute atomic E-state index is 0.199. The maximum absolute atomic E-state index is 12.2. The van der Waals surface area contributed by atoms with Gasteiger partial charge in [-0.25, -0.2) is 4.79 Å². The molecule has 0 radical (unpaired) electrons. The number of nitrogens with one attached hydrogen (secondary N) is 1. The number of likely N-dealkylation sites (tertiary alicyclic amines) is 1. The van der Waals surface area contributed by atoms with Crippen LogP contribution in [0.4, 0.5) is 4.79 Å². The first-order chi connectivity index (χ1) is 10.7. The first-order valence-electron chi connectivity index (χ1n) is 8.43. The highest BCUT2D eigenvalue weighted by molar-refractivity contribution is 5.68. The topological polar surface area (TPSA) is 41.6 Å². The van der Waals surface area contributed by atoms with Crippen LogP contribution in [0.2, 0.25) is 0 Å². The molecule has 128 valence electrons. The van der Waals surface area contributed by atoms with Crippen LogP contribution in [0, 0.1) is 19.8 Å². The first-order valence-corrected chi connectivity index (χ1v) is 8.43. The Kier molecular flexibility index (Phi) is 5.35. The van der Waals surface area contributed by atoms with Crippen LogP contribution in [0.5, 0.6) is 0 Å². The van der Waals surface area contributed by atoms with E-state index in [9.17, 15) is 4.79 Å². The molecular weight excluding hydrogens is 288 g/mol. The Morgan fingerprint density at radius 1 is 1.26 bits per heavy atom. The Bertz CT molecular complexity index is 543. The number of benzene rings is 1. The van der Waals surface area contributed by atoms with Gasteiger partial charge < -0.3 is 15.0 Å². The summed E-state index contributed by atoms with van der Waals surface area (Å²) in [6, 6.07) is 6.94. The van der Waals surface area contributed by atoms with Crippen LogP contribution in [0.25, 0.3) is 0 Å². The fraction of sp³-hybridized carbons (Fsp3) is 0.632. The molecule has 1 saturated heterocycles. The van der Waals surface area contributed by atoms with Gasteiger partial charge in [-0.3, -0.25) is 0 Å². The van der Waals surface area contributed by atoms with Crippen LogP contribution in [-0.4, -0.2) is 36.7 Å². The molecule has 0 aliphatic carbocycles. The predicted molar refractivity (Wildman–Crippen MR) is 93.6 cm³/mol. The van der Waals surface area contributed by atoms with Crippen LogP contribution < -0.4 is 5.32 Å². The molecule has 0 spiro atoms. The second kappa shape index (κ2) is 6.91. The zero-order valence-electron chi connectivity index (χ0n) is 15.3. The largest absolute Gasteiger partial charge is 0.444 e. The van der Waals surface area contributed by atoms with Crippen LogP contribution in [-0.2, 0) is 4.74 Å². The van der Waals surface area contributed by atoms with Crippen LogP contribution in [0.3, 0.4) is 0 Å². The summed E-state index contributed by atoms with van der Waals surface area (Å²) in [5.41, 5.74) is 3.43. The lowest BCUT2D eigenvalue weighted by atomic mass is 9.90. The third-order valence-electron chi connectivity index (χ3n) is 4.26. The van der Waals surface area contributed by atoms with E-state index in [4.69, 9.17) is 4.74 Å². The minimum atomic E-state index is -0.439. The van der Waals surface area contributed by atoms with Crippen molar-refractivity contribution in [2.24, 2.45) is 5.92 Å². The molecule has 1 aromatic rings. The number of aryl methyl sites for hydroxylation is 2. The quantitative estimate of drug-likeness (QED) is 0.921. The minimum Gasteiger partial charge on any atom is -0.444 e. The van der Waals surface area contributed by atoms with E-state index >= 15 is 0 Å². The number of carbonyl (C=O) groups is 1. The zero-order chi connectivity index (χ0) is 17.2. The van der Waals surface area contributed by atoms with Crippen molar-refractivity contribution in [3.8, 4) is 0 Å². The number of nitrogens with zero attached hydrogens (tertiary/aromatic N) is 1. The van der Waals surface area contributed by atoms with Crippen LogP contribution in [0.15, 0.2) is 18.2 Å². The van der Waals surface area contributed by atoms with Gasteiger partial charge >= 0.3 is 6.09 Å². The van der Waals surface area contributed by atoms with Gasteiger partial charge in [-0.05, 0) is 59.6 Å². The van der Waals surface area contributed by atoms with Gasteiger partial charge in [0.05, 0.1) is 0 Å². The number of amides is 1. The monoisotopic (exact) mass is 318 g/mol. The van der Waals surface area contributed by atoms with E-state index in [1.807, 2.05) is 32.7 Å². The normalized spacial score (nSPS) is 19.7. The van der Waals surface area contributed by atoms with Crippen LogP contribution in [0.1, 0.15) is 49.9 Å². The number of hydrogen-bond donors (Lipinski definition) is 1. The summed E-state index contributed by atoms with van der Waals surface area (Å²) in [4.78, 5) is 14.1. The number of hydrogen-bond acceptors (Lipinski definition) is 3. The van der Waals surface area contributed by atoms with Gasteiger partial charge in [-0.1, -0.05) is 29.3 Å². The third kappa shape index (κ3) is 4.71. The van der Waals surface area contributed by atoms with E-state index in [2.05, 4.69) is 37.4 Å². The van der Waals surface area contributed by atoms with Crippen molar-refractivity contribution in [1.82, 2.24) is 10.2 Å².